The molecule has 1 aromatic rings. The highest BCUT2D eigenvalue weighted by Gasteiger charge is 2.12. The summed E-state index contributed by atoms with van der Waals surface area (Å²) < 4.78 is 3.58. The van der Waals surface area contributed by atoms with Gasteiger partial charge >= 0.3 is 0 Å². The smallest absolute Gasteiger partial charge is 0.264 e. The van der Waals surface area contributed by atoms with Gasteiger partial charge in [-0.05, 0) is 25.4 Å². The van der Waals surface area contributed by atoms with Gasteiger partial charge in [-0.15, -0.1) is 5.10 Å². The van der Waals surface area contributed by atoms with Crippen molar-refractivity contribution in [3.05, 3.63) is 11.1 Å². The molecule has 1 aromatic heterocycles. The van der Waals surface area contributed by atoms with Crippen molar-refractivity contribution in [3.63, 3.8) is 0 Å². The number of carbonyl (C=O) groups is 2. The summed E-state index contributed by atoms with van der Waals surface area (Å²) in [5, 5.41) is 6.24. The molecule has 0 radical (unpaired) electrons. The molecule has 0 saturated heterocycles. The fraction of sp³-hybridized carbons (Fsp3) is 0.500. The van der Waals surface area contributed by atoms with E-state index in [2.05, 4.69) is 14.9 Å². The Kier molecular flexibility index (Phi) is 3.70. The molecule has 76 valence electrons. The lowest BCUT2D eigenvalue weighted by atomic mass is 10.2. The summed E-state index contributed by atoms with van der Waals surface area (Å²) in [6, 6.07) is -0.151. The second-order valence-electron chi connectivity index (χ2n) is 3.06. The van der Waals surface area contributed by atoms with Gasteiger partial charge in [0, 0.05) is 12.5 Å². The van der Waals surface area contributed by atoms with Crippen molar-refractivity contribution >= 4 is 23.2 Å². The van der Waals surface area contributed by atoms with Gasteiger partial charge in [0.25, 0.3) is 5.91 Å². The van der Waals surface area contributed by atoms with Gasteiger partial charge < -0.3 is 5.32 Å². The van der Waals surface area contributed by atoms with E-state index in [-0.39, 0.29) is 17.7 Å². The monoisotopic (exact) mass is 213 g/mol. The fourth-order valence-electron chi connectivity index (χ4n) is 1.04. The first-order valence-corrected chi connectivity index (χ1v) is 4.94. The Morgan fingerprint density at radius 3 is 2.86 bits per heavy atom. The number of hydrogen-bond acceptors (Lipinski definition) is 5. The van der Waals surface area contributed by atoms with Crippen LogP contribution in [0.2, 0.25) is 0 Å². The van der Waals surface area contributed by atoms with Gasteiger partial charge in [-0.1, -0.05) is 4.49 Å². The van der Waals surface area contributed by atoms with E-state index in [0.29, 0.717) is 11.3 Å². The lowest BCUT2D eigenvalue weighted by molar-refractivity contribution is -0.117. The third-order valence-electron chi connectivity index (χ3n) is 1.56. The Bertz CT molecular complexity index is 323. The van der Waals surface area contributed by atoms with Gasteiger partial charge in [-0.3, -0.25) is 9.59 Å². The highest BCUT2D eigenvalue weighted by Crippen LogP contribution is 2.02. The third-order valence-corrected chi connectivity index (χ3v) is 2.22. The van der Waals surface area contributed by atoms with E-state index in [1.54, 1.807) is 6.92 Å². The summed E-state index contributed by atoms with van der Waals surface area (Å²) in [5.74, 6) is -0.172. The number of hydrogen-bond donors (Lipinski definition) is 1. The van der Waals surface area contributed by atoms with Crippen molar-refractivity contribution < 1.29 is 9.59 Å². The Hall–Kier alpha value is -1.30. The van der Waals surface area contributed by atoms with Gasteiger partial charge in [0.15, 0.2) is 0 Å². The molecule has 0 aliphatic rings. The zero-order valence-electron chi connectivity index (χ0n) is 7.98. The second kappa shape index (κ2) is 4.80. The van der Waals surface area contributed by atoms with E-state index >= 15 is 0 Å². The number of nitrogens with zero attached hydrogens (tertiary/aromatic N) is 2. The van der Waals surface area contributed by atoms with Gasteiger partial charge in [-0.2, -0.15) is 0 Å². The highest BCUT2D eigenvalue weighted by atomic mass is 32.1. The molecular formula is C8H11N3O2S. The summed E-state index contributed by atoms with van der Waals surface area (Å²) in [5.41, 5.74) is 0. The molecule has 0 aliphatic carbocycles. The number of carbonyl (C=O) groups excluding carboxylic acids is 2. The van der Waals surface area contributed by atoms with Crippen LogP contribution in [0.5, 0.6) is 0 Å². The van der Waals surface area contributed by atoms with Crippen molar-refractivity contribution in [2.24, 2.45) is 0 Å². The number of rotatable bonds is 4. The molecule has 14 heavy (non-hydrogen) atoms. The Balaban J connectivity index is 2.45. The molecule has 0 fully saturated rings. The molecule has 0 aliphatic heterocycles. The first kappa shape index (κ1) is 10.8. The zero-order chi connectivity index (χ0) is 10.6. The Morgan fingerprint density at radius 2 is 2.36 bits per heavy atom. The lowest BCUT2D eigenvalue weighted by Crippen LogP contribution is -2.33. The van der Waals surface area contributed by atoms with Crippen LogP contribution in [-0.4, -0.2) is 27.3 Å². The highest BCUT2D eigenvalue weighted by molar-refractivity contribution is 7.07. The summed E-state index contributed by atoms with van der Waals surface area (Å²) in [6.45, 7) is 3.28. The summed E-state index contributed by atoms with van der Waals surface area (Å²) in [6.07, 6.45) is 1.75. The molecule has 1 N–H and O–H groups in total. The van der Waals surface area contributed by atoms with Crippen molar-refractivity contribution in [2.45, 2.75) is 26.3 Å². The van der Waals surface area contributed by atoms with Gasteiger partial charge in [-0.25, -0.2) is 0 Å². The minimum absolute atomic E-state index is 0.0558. The second-order valence-corrected chi connectivity index (χ2v) is 3.85. The minimum atomic E-state index is -0.228. The van der Waals surface area contributed by atoms with Crippen LogP contribution in [0.3, 0.4) is 0 Å². The molecule has 6 heteroatoms. The van der Waals surface area contributed by atoms with E-state index in [9.17, 15) is 9.59 Å². The number of Topliss-reactive ketones (excluding diaryl/α,β-unsaturated/α-hetero) is 1. The van der Waals surface area contributed by atoms with Crippen LogP contribution in [0.1, 0.15) is 29.9 Å². The van der Waals surface area contributed by atoms with Crippen LogP contribution < -0.4 is 5.32 Å². The van der Waals surface area contributed by atoms with Crippen LogP contribution in [-0.2, 0) is 4.79 Å². The lowest BCUT2D eigenvalue weighted by Gasteiger charge is -2.10. The van der Waals surface area contributed by atoms with E-state index in [1.807, 2.05) is 0 Å². The SMILES string of the molecule is CC(=O)CC(C)NC(=O)c1cnns1. The largest absolute Gasteiger partial charge is 0.348 e. The quantitative estimate of drug-likeness (QED) is 0.796. The number of aromatic nitrogens is 2. The maximum absolute atomic E-state index is 11.4. The van der Waals surface area contributed by atoms with Gasteiger partial charge in [0.2, 0.25) is 0 Å². The predicted octanol–water partition coefficient (Wildman–Crippen LogP) is 0.635. The normalized spacial score (nSPS) is 12.1. The first-order chi connectivity index (χ1) is 6.59. The Labute approximate surface area is 85.7 Å². The standard InChI is InChI=1S/C8H11N3O2S/c1-5(3-6(2)12)10-8(13)7-4-9-11-14-7/h4-5H,3H2,1-2H3,(H,10,13). The number of ketones is 1. The van der Waals surface area contributed by atoms with Crippen LogP contribution in [0.4, 0.5) is 0 Å². The summed E-state index contributed by atoms with van der Waals surface area (Å²) in [7, 11) is 0. The minimum Gasteiger partial charge on any atom is -0.348 e. The molecule has 0 saturated carbocycles. The molecule has 1 unspecified atom stereocenters. The van der Waals surface area contributed by atoms with Crippen LogP contribution in [0.25, 0.3) is 0 Å². The maximum atomic E-state index is 11.4. The predicted molar refractivity (Wildman–Crippen MR) is 52.1 cm³/mol. The number of nitrogens with one attached hydrogen (secondary N) is 1. The van der Waals surface area contributed by atoms with Gasteiger partial charge in [0.1, 0.15) is 10.7 Å². The van der Waals surface area contributed by atoms with Crippen molar-refractivity contribution in [1.82, 2.24) is 14.9 Å². The Morgan fingerprint density at radius 1 is 1.64 bits per heavy atom. The fourth-order valence-corrected chi connectivity index (χ4v) is 1.46. The van der Waals surface area contributed by atoms with Crippen molar-refractivity contribution in [3.8, 4) is 0 Å². The van der Waals surface area contributed by atoms with E-state index in [4.69, 9.17) is 0 Å². The molecule has 1 rings (SSSR count). The molecule has 5 nitrogen and oxygen atoms in total. The molecule has 0 spiro atoms. The molecule has 0 bridgehead atoms. The average Bonchev–Trinajstić information content (AvgIpc) is 2.53. The summed E-state index contributed by atoms with van der Waals surface area (Å²) >= 11 is 1.03. The zero-order valence-corrected chi connectivity index (χ0v) is 8.80. The molecule has 0 aromatic carbocycles. The molecule has 1 atom stereocenters. The third kappa shape index (κ3) is 3.21. The topological polar surface area (TPSA) is 72.0 Å². The molecular weight excluding hydrogens is 202 g/mol. The van der Waals surface area contributed by atoms with Crippen LogP contribution in [0, 0.1) is 0 Å². The van der Waals surface area contributed by atoms with Gasteiger partial charge in [0.05, 0.1) is 6.20 Å². The van der Waals surface area contributed by atoms with E-state index < -0.39 is 0 Å². The van der Waals surface area contributed by atoms with Crippen molar-refractivity contribution in [2.75, 3.05) is 0 Å². The van der Waals surface area contributed by atoms with E-state index in [1.165, 1.54) is 13.1 Å². The first-order valence-electron chi connectivity index (χ1n) is 4.17. The summed E-state index contributed by atoms with van der Waals surface area (Å²) in [4.78, 5) is 22.6. The van der Waals surface area contributed by atoms with Crippen LogP contribution in [0.15, 0.2) is 6.20 Å². The maximum Gasteiger partial charge on any atom is 0.264 e. The van der Waals surface area contributed by atoms with Crippen LogP contribution >= 0.6 is 11.5 Å². The average molecular weight is 213 g/mol. The van der Waals surface area contributed by atoms with Crippen molar-refractivity contribution in [1.29, 1.82) is 0 Å². The van der Waals surface area contributed by atoms with E-state index in [0.717, 1.165) is 11.5 Å². The molecule has 1 heterocycles. The molecule has 1 amide bonds. The number of amides is 1.